The van der Waals surface area contributed by atoms with Crippen LogP contribution in [0.5, 0.6) is 23.0 Å². The molecule has 6 nitrogen and oxygen atoms in total. The first kappa shape index (κ1) is 32.9. The third-order valence-corrected chi connectivity index (χ3v) is 11.4. The van der Waals surface area contributed by atoms with E-state index in [0.717, 1.165) is 50.6 Å². The molecule has 0 unspecified atom stereocenters. The highest BCUT2D eigenvalue weighted by Crippen LogP contribution is 2.56. The summed E-state index contributed by atoms with van der Waals surface area (Å²) in [6.07, 6.45) is 0. The topological polar surface area (TPSA) is 50.7 Å². The highest BCUT2D eigenvalue weighted by molar-refractivity contribution is 7.26. The number of aromatic nitrogens is 2. The van der Waals surface area contributed by atoms with Gasteiger partial charge in [0.1, 0.15) is 0 Å². The number of hydrogen-bond donors (Lipinski definition) is 0. The van der Waals surface area contributed by atoms with Gasteiger partial charge >= 0.3 is 0 Å². The van der Waals surface area contributed by atoms with E-state index in [9.17, 15) is 0 Å². The minimum atomic E-state index is 0.527. The van der Waals surface area contributed by atoms with Gasteiger partial charge in [-0.2, -0.15) is 0 Å². The predicted molar refractivity (Wildman–Crippen MR) is 234 cm³/mol. The van der Waals surface area contributed by atoms with Gasteiger partial charge < -0.3 is 14.4 Å². The molecule has 270 valence electrons. The minimum absolute atomic E-state index is 0.527. The van der Waals surface area contributed by atoms with E-state index in [1.165, 1.54) is 20.2 Å². The molecule has 0 atom stereocenters. The van der Waals surface area contributed by atoms with Gasteiger partial charge in [0.25, 0.3) is 0 Å². The average molecular weight is 753 g/mol. The molecule has 0 bridgehead atoms. The zero-order valence-electron chi connectivity index (χ0n) is 30.5. The normalized spacial score (nSPS) is 11.8. The van der Waals surface area contributed by atoms with E-state index >= 15 is 0 Å². The molecular weight excluding hydrogens is 721 g/mol. The third-order valence-electron chi connectivity index (χ3n) is 10.3. The molecule has 0 amide bonds. The highest BCUT2D eigenvalue weighted by Gasteiger charge is 2.31. The number of fused-ring (bicyclic) bond motifs is 6. The Bertz CT molecular complexity index is 3100. The number of ether oxygens (including phenoxy) is 2. The predicted octanol–water partition coefficient (Wildman–Crippen LogP) is 14.5. The maximum Gasteiger partial charge on any atom is 0.235 e. The van der Waals surface area contributed by atoms with Gasteiger partial charge in [0, 0.05) is 48.6 Å². The first-order chi connectivity index (χ1) is 28.3. The zero-order valence-corrected chi connectivity index (χ0v) is 31.3. The van der Waals surface area contributed by atoms with Gasteiger partial charge in [0.05, 0.1) is 28.3 Å². The van der Waals surface area contributed by atoms with Crippen LogP contribution >= 0.6 is 11.3 Å². The first-order valence-corrected chi connectivity index (χ1v) is 19.6. The van der Waals surface area contributed by atoms with Crippen LogP contribution in [0, 0.1) is 0 Å². The molecule has 0 saturated carbocycles. The molecule has 1 aliphatic rings. The van der Waals surface area contributed by atoms with Crippen LogP contribution < -0.4 is 19.3 Å². The lowest BCUT2D eigenvalue weighted by Crippen LogP contribution is -2.17. The van der Waals surface area contributed by atoms with Crippen molar-refractivity contribution in [1.82, 2.24) is 9.97 Å². The van der Waals surface area contributed by atoms with Crippen LogP contribution in [0.4, 0.5) is 34.4 Å². The molecule has 1 aliphatic heterocycles. The number of thiophene rings is 1. The monoisotopic (exact) mass is 752 g/mol. The van der Waals surface area contributed by atoms with Crippen molar-refractivity contribution in [1.29, 1.82) is 0 Å². The van der Waals surface area contributed by atoms with E-state index < -0.39 is 0 Å². The van der Waals surface area contributed by atoms with E-state index in [1.807, 2.05) is 91.0 Å². The summed E-state index contributed by atoms with van der Waals surface area (Å²) in [5, 5.41) is 3.35. The number of para-hydroxylation sites is 5. The van der Waals surface area contributed by atoms with Gasteiger partial charge in [-0.25, -0.2) is 9.97 Å². The number of hydrogen-bond acceptors (Lipinski definition) is 7. The summed E-state index contributed by atoms with van der Waals surface area (Å²) in [5.74, 6) is 3.00. The Morgan fingerprint density at radius 3 is 1.81 bits per heavy atom. The average Bonchev–Trinajstić information content (AvgIpc) is 3.66. The highest BCUT2D eigenvalue weighted by atomic mass is 32.1. The van der Waals surface area contributed by atoms with Crippen molar-refractivity contribution in [3.63, 3.8) is 0 Å². The lowest BCUT2D eigenvalue weighted by molar-refractivity contribution is 0.360. The van der Waals surface area contributed by atoms with Crippen LogP contribution in [0.15, 0.2) is 194 Å². The van der Waals surface area contributed by atoms with Gasteiger partial charge in [-0.15, -0.1) is 11.3 Å². The number of anilines is 6. The minimum Gasteiger partial charge on any atom is -0.449 e. The second-order valence-electron chi connectivity index (χ2n) is 13.8. The maximum atomic E-state index is 6.88. The van der Waals surface area contributed by atoms with Gasteiger partial charge in [-0.05, 0) is 66.7 Å². The maximum absolute atomic E-state index is 6.88. The Morgan fingerprint density at radius 1 is 0.421 bits per heavy atom. The van der Waals surface area contributed by atoms with E-state index in [2.05, 4.69) is 113 Å². The van der Waals surface area contributed by atoms with Gasteiger partial charge in [0.2, 0.25) is 5.95 Å². The lowest BCUT2D eigenvalue weighted by Gasteiger charge is -2.33. The van der Waals surface area contributed by atoms with Gasteiger partial charge in [-0.1, -0.05) is 121 Å². The molecule has 0 aliphatic carbocycles. The standard InChI is InChI=1S/C50H32N4O2S/c1-4-17-33(18-5-1)48-37-23-10-12-25-39(37)51-50(52-48)53(34-19-6-2-7-20-34)36-31-41(49-44(32-36)55-42-27-13-14-28-43(42)56-49)54(35-21-8-3-9-22-35)40-26-16-30-46-47(40)38-24-11-15-29-45(38)57-46/h1-32H. The molecule has 2 aromatic heterocycles. The fourth-order valence-electron chi connectivity index (χ4n) is 7.76. The molecule has 7 heteroatoms. The van der Waals surface area contributed by atoms with E-state index in [-0.39, 0.29) is 0 Å². The lowest BCUT2D eigenvalue weighted by atomic mass is 10.1. The van der Waals surface area contributed by atoms with Crippen molar-refractivity contribution in [2.45, 2.75) is 0 Å². The molecule has 11 rings (SSSR count). The second kappa shape index (κ2) is 13.7. The summed E-state index contributed by atoms with van der Waals surface area (Å²) >= 11 is 1.80. The summed E-state index contributed by atoms with van der Waals surface area (Å²) in [4.78, 5) is 15.0. The molecule has 0 radical (unpaired) electrons. The van der Waals surface area contributed by atoms with Crippen molar-refractivity contribution in [2.75, 3.05) is 9.80 Å². The van der Waals surface area contributed by atoms with Crippen LogP contribution in [0.2, 0.25) is 0 Å². The molecule has 10 aromatic rings. The summed E-state index contributed by atoms with van der Waals surface area (Å²) < 4.78 is 16.1. The molecule has 3 heterocycles. The smallest absolute Gasteiger partial charge is 0.235 e. The summed E-state index contributed by atoms with van der Waals surface area (Å²) in [6.45, 7) is 0. The molecule has 57 heavy (non-hydrogen) atoms. The SMILES string of the molecule is c1ccc(-c2nc(N(c3ccccc3)c3cc4c(c(N(c5ccccc5)c5cccc6sc7ccccc7c56)c3)Oc3ccccc3O4)nc3ccccc23)cc1. The van der Waals surface area contributed by atoms with Crippen molar-refractivity contribution in [3.05, 3.63) is 194 Å². The van der Waals surface area contributed by atoms with E-state index in [4.69, 9.17) is 19.4 Å². The Morgan fingerprint density at radius 2 is 1.04 bits per heavy atom. The Labute approximate surface area is 333 Å². The fraction of sp³-hybridized carbons (Fsp3) is 0. The van der Waals surface area contributed by atoms with Crippen molar-refractivity contribution in [2.24, 2.45) is 0 Å². The molecule has 0 spiro atoms. The fourth-order valence-corrected chi connectivity index (χ4v) is 8.89. The number of nitrogens with zero attached hydrogens (tertiary/aromatic N) is 4. The molecular formula is C50H32N4O2S. The summed E-state index contributed by atoms with van der Waals surface area (Å²) in [7, 11) is 0. The first-order valence-electron chi connectivity index (χ1n) is 18.8. The largest absolute Gasteiger partial charge is 0.449 e. The van der Waals surface area contributed by atoms with Gasteiger partial charge in [-0.3, -0.25) is 4.90 Å². The molecule has 0 fully saturated rings. The zero-order chi connectivity index (χ0) is 37.7. The Balaban J connectivity index is 1.21. The summed E-state index contributed by atoms with van der Waals surface area (Å²) in [6, 6.07) is 66.4. The summed E-state index contributed by atoms with van der Waals surface area (Å²) in [5.41, 5.74) is 7.20. The molecule has 0 N–H and O–H groups in total. The Kier molecular flexibility index (Phi) is 7.89. The number of rotatable bonds is 7. The second-order valence-corrected chi connectivity index (χ2v) is 14.9. The third kappa shape index (κ3) is 5.72. The Hall–Kier alpha value is -7.48. The van der Waals surface area contributed by atoms with Crippen LogP contribution in [0.25, 0.3) is 42.3 Å². The van der Waals surface area contributed by atoms with E-state index in [1.54, 1.807) is 11.3 Å². The molecule has 0 saturated heterocycles. The van der Waals surface area contributed by atoms with Gasteiger partial charge in [0.15, 0.2) is 23.0 Å². The van der Waals surface area contributed by atoms with E-state index in [0.29, 0.717) is 28.9 Å². The van der Waals surface area contributed by atoms with Crippen molar-refractivity contribution in [3.8, 4) is 34.3 Å². The quantitative estimate of drug-likeness (QED) is 0.162. The van der Waals surface area contributed by atoms with Crippen LogP contribution in [-0.4, -0.2) is 9.97 Å². The number of benzene rings is 8. The van der Waals surface area contributed by atoms with Crippen molar-refractivity contribution < 1.29 is 9.47 Å². The van der Waals surface area contributed by atoms with Crippen LogP contribution in [0.3, 0.4) is 0 Å². The van der Waals surface area contributed by atoms with Crippen LogP contribution in [-0.2, 0) is 0 Å². The van der Waals surface area contributed by atoms with Crippen LogP contribution in [0.1, 0.15) is 0 Å². The molecule has 8 aromatic carbocycles. The van der Waals surface area contributed by atoms with Crippen molar-refractivity contribution >= 4 is 76.8 Å².